The molecule has 3 rings (SSSR count). The van der Waals surface area contributed by atoms with Gasteiger partial charge in [0.05, 0.1) is 17.5 Å². The number of nitrogens with zero attached hydrogens (tertiary/aromatic N) is 1. The molecule has 0 saturated carbocycles. The van der Waals surface area contributed by atoms with E-state index < -0.39 is 33.8 Å². The lowest BCUT2D eigenvalue weighted by molar-refractivity contribution is -0.144. The maximum Gasteiger partial charge on any atom is 0.344 e. The average molecular weight is 526 g/mol. The number of carbonyl (C=O) groups excluding carboxylic acids is 1. The van der Waals surface area contributed by atoms with Crippen LogP contribution in [0, 0.1) is 5.82 Å². The van der Waals surface area contributed by atoms with E-state index in [1.165, 1.54) is 43.3 Å². The first-order valence-corrected chi connectivity index (χ1v) is 12.2. The van der Waals surface area contributed by atoms with E-state index in [1.807, 2.05) is 0 Å². The number of carbonyl (C=O) groups is 2. The number of hydrogen-bond donors (Lipinski definition) is 3. The molecule has 0 aliphatic carbocycles. The average Bonchev–Trinajstić information content (AvgIpc) is 3.31. The highest BCUT2D eigenvalue weighted by Crippen LogP contribution is 2.26. The molecule has 0 aliphatic heterocycles. The number of halogens is 2. The summed E-state index contributed by atoms with van der Waals surface area (Å²) in [5.74, 6) is -3.24. The van der Waals surface area contributed by atoms with Crippen LogP contribution >= 0.6 is 22.9 Å². The van der Waals surface area contributed by atoms with Crippen LogP contribution in [0.4, 0.5) is 10.1 Å². The number of anilines is 1. The Labute approximate surface area is 202 Å². The quantitative estimate of drug-likeness (QED) is 0.286. The molecular formula is C21H17ClFN3O6S2. The number of benzene rings is 2. The van der Waals surface area contributed by atoms with Crippen molar-refractivity contribution >= 4 is 56.7 Å². The lowest BCUT2D eigenvalue weighted by atomic mass is 10.2. The van der Waals surface area contributed by atoms with Crippen LogP contribution < -0.4 is 14.9 Å². The smallest absolute Gasteiger partial charge is 0.344 e. The van der Waals surface area contributed by atoms with E-state index >= 15 is 0 Å². The fourth-order valence-corrected chi connectivity index (χ4v) is 4.85. The lowest BCUT2D eigenvalue weighted by Gasteiger charge is -2.13. The summed E-state index contributed by atoms with van der Waals surface area (Å²) in [6.07, 6.45) is -0.261. The first kappa shape index (κ1) is 25.1. The number of nitrogens with one attached hydrogen (secondary N) is 2. The van der Waals surface area contributed by atoms with Crippen molar-refractivity contribution in [2.75, 3.05) is 4.72 Å². The molecule has 3 aromatic rings. The predicted octanol–water partition coefficient (Wildman–Crippen LogP) is 3.96. The normalized spacial score (nSPS) is 12.3. The predicted molar refractivity (Wildman–Crippen MR) is 126 cm³/mol. The lowest BCUT2D eigenvalue weighted by Crippen LogP contribution is -2.24. The third-order valence-corrected chi connectivity index (χ3v) is 7.24. The Kier molecular flexibility index (Phi) is 7.87. The van der Waals surface area contributed by atoms with E-state index in [2.05, 4.69) is 15.2 Å². The Balaban J connectivity index is 1.81. The van der Waals surface area contributed by atoms with Crippen LogP contribution in [0.5, 0.6) is 5.75 Å². The summed E-state index contributed by atoms with van der Waals surface area (Å²) in [6.45, 7) is 1.23. The molecule has 0 bridgehead atoms. The molecule has 2 aromatic carbocycles. The van der Waals surface area contributed by atoms with Gasteiger partial charge >= 0.3 is 5.97 Å². The highest BCUT2D eigenvalue weighted by molar-refractivity contribution is 7.94. The van der Waals surface area contributed by atoms with Gasteiger partial charge in [-0.2, -0.15) is 5.10 Å². The molecule has 0 spiro atoms. The molecule has 0 saturated heterocycles. The van der Waals surface area contributed by atoms with Crippen molar-refractivity contribution in [2.45, 2.75) is 17.2 Å². The Hall–Kier alpha value is -3.48. The Bertz CT molecular complexity index is 1350. The van der Waals surface area contributed by atoms with E-state index in [9.17, 15) is 22.4 Å². The van der Waals surface area contributed by atoms with Crippen molar-refractivity contribution < 1.29 is 32.2 Å². The Morgan fingerprint density at radius 3 is 2.68 bits per heavy atom. The van der Waals surface area contributed by atoms with Gasteiger partial charge in [-0.15, -0.1) is 11.3 Å². The van der Waals surface area contributed by atoms with E-state index in [0.717, 1.165) is 23.6 Å². The molecule has 0 radical (unpaired) electrons. The Morgan fingerprint density at radius 1 is 1.24 bits per heavy atom. The fraction of sp³-hybridized carbons (Fsp3) is 0.0952. The first-order chi connectivity index (χ1) is 16.1. The van der Waals surface area contributed by atoms with E-state index in [-0.39, 0.29) is 31.8 Å². The minimum Gasteiger partial charge on any atom is -0.479 e. The zero-order chi connectivity index (χ0) is 24.9. The van der Waals surface area contributed by atoms with Gasteiger partial charge in [-0.25, -0.2) is 23.0 Å². The zero-order valence-electron chi connectivity index (χ0n) is 17.4. The third kappa shape index (κ3) is 6.10. The molecule has 13 heteroatoms. The number of ether oxygens (including phenoxy) is 1. The van der Waals surface area contributed by atoms with Gasteiger partial charge in [0, 0.05) is 10.6 Å². The van der Waals surface area contributed by atoms with Crippen LogP contribution in [-0.2, 0) is 14.8 Å². The summed E-state index contributed by atoms with van der Waals surface area (Å²) in [5.41, 5.74) is 2.14. The van der Waals surface area contributed by atoms with Gasteiger partial charge in [-0.05, 0) is 48.7 Å². The second-order valence-corrected chi connectivity index (χ2v) is 9.98. The molecule has 9 nitrogen and oxygen atoms in total. The SMILES string of the molecule is CC(Oc1c(F)cccc1/C=N\NC(=O)c1ccc(Cl)cc1NS(=O)(=O)c1cccs1)C(=O)O. The second-order valence-electron chi connectivity index (χ2n) is 6.68. The second kappa shape index (κ2) is 10.6. The largest absolute Gasteiger partial charge is 0.479 e. The monoisotopic (exact) mass is 525 g/mol. The van der Waals surface area contributed by atoms with Gasteiger partial charge in [0.25, 0.3) is 15.9 Å². The van der Waals surface area contributed by atoms with Crippen molar-refractivity contribution in [1.82, 2.24) is 5.43 Å². The molecule has 1 unspecified atom stereocenters. The van der Waals surface area contributed by atoms with Crippen LogP contribution in [0.1, 0.15) is 22.8 Å². The number of hydrogen-bond acceptors (Lipinski definition) is 7. The van der Waals surface area contributed by atoms with E-state index in [0.29, 0.717) is 0 Å². The maximum absolute atomic E-state index is 14.1. The number of carboxylic acids is 1. The van der Waals surface area contributed by atoms with Crippen LogP contribution in [0.2, 0.25) is 5.02 Å². The van der Waals surface area contributed by atoms with Crippen LogP contribution in [0.25, 0.3) is 0 Å². The number of sulfonamides is 1. The topological polar surface area (TPSA) is 134 Å². The number of thiophene rings is 1. The van der Waals surface area contributed by atoms with E-state index in [4.69, 9.17) is 21.4 Å². The first-order valence-electron chi connectivity index (χ1n) is 9.45. The number of rotatable bonds is 9. The summed E-state index contributed by atoms with van der Waals surface area (Å²) < 4.78 is 46.8. The number of carboxylic acid groups (broad SMARTS) is 1. The highest BCUT2D eigenvalue weighted by atomic mass is 35.5. The molecule has 1 heterocycles. The fourth-order valence-electron chi connectivity index (χ4n) is 2.61. The Morgan fingerprint density at radius 2 is 2.00 bits per heavy atom. The van der Waals surface area contributed by atoms with Gasteiger partial charge < -0.3 is 9.84 Å². The molecule has 1 amide bonds. The zero-order valence-corrected chi connectivity index (χ0v) is 19.7. The van der Waals surface area contributed by atoms with E-state index in [1.54, 1.807) is 11.4 Å². The molecule has 1 aromatic heterocycles. The van der Waals surface area contributed by atoms with Gasteiger partial charge in [0.15, 0.2) is 17.7 Å². The molecule has 3 N–H and O–H groups in total. The van der Waals surface area contributed by atoms with Gasteiger partial charge in [-0.1, -0.05) is 23.7 Å². The van der Waals surface area contributed by atoms with Gasteiger partial charge in [0.2, 0.25) is 0 Å². The standard InChI is InChI=1S/C21H17ClFN3O6S2/c1-12(21(28)29)32-19-13(4-2-5-16(19)23)11-24-25-20(27)15-8-7-14(22)10-17(15)26-34(30,31)18-6-3-9-33-18/h2-12,26H,1H3,(H,25,27)(H,28,29)/b24-11-. The summed E-state index contributed by atoms with van der Waals surface area (Å²) in [5, 5.41) is 14.5. The molecule has 0 fully saturated rings. The summed E-state index contributed by atoms with van der Waals surface area (Å²) in [6, 6.07) is 10.8. The number of hydrazone groups is 1. The number of para-hydroxylation sites is 1. The summed E-state index contributed by atoms with van der Waals surface area (Å²) in [7, 11) is -3.95. The van der Waals surface area contributed by atoms with Crippen molar-refractivity contribution in [3.63, 3.8) is 0 Å². The highest BCUT2D eigenvalue weighted by Gasteiger charge is 2.20. The number of aliphatic carboxylic acids is 1. The molecule has 0 aliphatic rings. The van der Waals surface area contributed by atoms with Crippen molar-refractivity contribution in [1.29, 1.82) is 0 Å². The molecule has 178 valence electrons. The number of amides is 1. The van der Waals surface area contributed by atoms with Crippen LogP contribution in [-0.4, -0.2) is 37.7 Å². The van der Waals surface area contributed by atoms with Crippen molar-refractivity contribution in [3.05, 3.63) is 75.9 Å². The molecular weight excluding hydrogens is 509 g/mol. The van der Waals surface area contributed by atoms with Gasteiger partial charge in [0.1, 0.15) is 4.21 Å². The van der Waals surface area contributed by atoms with Crippen molar-refractivity contribution in [3.8, 4) is 5.75 Å². The third-order valence-electron chi connectivity index (χ3n) is 4.24. The molecule has 34 heavy (non-hydrogen) atoms. The summed E-state index contributed by atoms with van der Waals surface area (Å²) in [4.78, 5) is 23.7. The maximum atomic E-state index is 14.1. The van der Waals surface area contributed by atoms with Crippen molar-refractivity contribution in [2.24, 2.45) is 5.10 Å². The molecule has 1 atom stereocenters. The summed E-state index contributed by atoms with van der Waals surface area (Å²) >= 11 is 6.97. The minimum atomic E-state index is -3.95. The van der Waals surface area contributed by atoms with Crippen LogP contribution in [0.15, 0.2) is 63.2 Å². The minimum absolute atomic E-state index is 0.0473. The van der Waals surface area contributed by atoms with Crippen LogP contribution in [0.3, 0.4) is 0 Å². The van der Waals surface area contributed by atoms with Gasteiger partial charge in [-0.3, -0.25) is 9.52 Å².